The molecule has 4 nitrogen and oxygen atoms in total. The lowest BCUT2D eigenvalue weighted by Gasteiger charge is -2.04. The van der Waals surface area contributed by atoms with Crippen molar-refractivity contribution in [1.29, 1.82) is 0 Å². The van der Waals surface area contributed by atoms with Gasteiger partial charge in [-0.2, -0.15) is 0 Å². The molecule has 0 fully saturated rings. The second-order valence-corrected chi connectivity index (χ2v) is 6.56. The van der Waals surface area contributed by atoms with E-state index in [-0.39, 0.29) is 11.9 Å². The van der Waals surface area contributed by atoms with Gasteiger partial charge in [0, 0.05) is 19.4 Å². The van der Waals surface area contributed by atoms with E-state index in [1.165, 1.54) is 32.8 Å². The van der Waals surface area contributed by atoms with E-state index in [4.69, 9.17) is 0 Å². The maximum atomic E-state index is 11.7. The number of amides is 1. The Morgan fingerprint density at radius 2 is 1.80 bits per heavy atom. The summed E-state index contributed by atoms with van der Waals surface area (Å²) in [6.45, 7) is 5.16. The van der Waals surface area contributed by atoms with E-state index in [0.717, 1.165) is 25.7 Å². The first-order valence-corrected chi connectivity index (χ1v) is 9.77. The Labute approximate surface area is 154 Å². The first-order chi connectivity index (χ1) is 12.1. The minimum Gasteiger partial charge on any atom is -0.469 e. The molecule has 1 N–H and O–H groups in total. The van der Waals surface area contributed by atoms with Gasteiger partial charge in [-0.05, 0) is 31.6 Å². The van der Waals surface area contributed by atoms with Crippen molar-refractivity contribution in [2.24, 2.45) is 5.92 Å². The highest BCUT2D eigenvalue weighted by atomic mass is 16.5. The van der Waals surface area contributed by atoms with E-state index in [1.807, 2.05) is 0 Å². The van der Waals surface area contributed by atoms with Crippen LogP contribution in [0.3, 0.4) is 0 Å². The van der Waals surface area contributed by atoms with Crippen molar-refractivity contribution in [3.05, 3.63) is 24.3 Å². The van der Waals surface area contributed by atoms with E-state index < -0.39 is 0 Å². The minimum absolute atomic E-state index is 0.0894. The van der Waals surface area contributed by atoms with Crippen LogP contribution in [0.5, 0.6) is 0 Å². The summed E-state index contributed by atoms with van der Waals surface area (Å²) in [5.74, 6) is 0.544. The van der Waals surface area contributed by atoms with Crippen molar-refractivity contribution in [2.45, 2.75) is 78.1 Å². The summed E-state index contributed by atoms with van der Waals surface area (Å²) < 4.78 is 4.58. The Kier molecular flexibility index (Phi) is 16.2. The number of carbonyl (C=O) groups is 2. The van der Waals surface area contributed by atoms with Crippen LogP contribution in [-0.2, 0) is 14.3 Å². The molecule has 0 rings (SSSR count). The van der Waals surface area contributed by atoms with Crippen LogP contribution >= 0.6 is 0 Å². The number of ether oxygens (including phenoxy) is 1. The van der Waals surface area contributed by atoms with Crippen LogP contribution in [0.2, 0.25) is 0 Å². The number of allylic oxidation sites excluding steroid dienone is 3. The fourth-order valence-corrected chi connectivity index (χ4v) is 2.46. The molecule has 0 aliphatic carbocycles. The Morgan fingerprint density at radius 1 is 1.04 bits per heavy atom. The van der Waals surface area contributed by atoms with Crippen molar-refractivity contribution in [3.63, 3.8) is 0 Å². The predicted molar refractivity (Wildman–Crippen MR) is 104 cm³/mol. The van der Waals surface area contributed by atoms with Gasteiger partial charge in [-0.25, -0.2) is 0 Å². The molecule has 0 heterocycles. The fourth-order valence-electron chi connectivity index (χ4n) is 2.46. The van der Waals surface area contributed by atoms with E-state index in [9.17, 15) is 9.59 Å². The molecule has 0 saturated carbocycles. The zero-order valence-corrected chi connectivity index (χ0v) is 16.4. The number of hydrogen-bond acceptors (Lipinski definition) is 3. The molecule has 0 unspecified atom stereocenters. The van der Waals surface area contributed by atoms with Crippen molar-refractivity contribution in [1.82, 2.24) is 5.32 Å². The highest BCUT2D eigenvalue weighted by molar-refractivity contribution is 5.75. The molecular weight excluding hydrogens is 314 g/mol. The van der Waals surface area contributed by atoms with E-state index >= 15 is 0 Å². The maximum Gasteiger partial charge on any atom is 0.305 e. The SMILES string of the molecule is CCCCC[C@H](C)/C=C/C=C\CCNC(=O)CCCCCC(=O)OC. The van der Waals surface area contributed by atoms with Crippen molar-refractivity contribution in [3.8, 4) is 0 Å². The summed E-state index contributed by atoms with van der Waals surface area (Å²) in [7, 11) is 1.40. The highest BCUT2D eigenvalue weighted by Gasteiger charge is 2.02. The summed E-state index contributed by atoms with van der Waals surface area (Å²) >= 11 is 0. The molecule has 0 spiro atoms. The number of nitrogens with one attached hydrogen (secondary N) is 1. The highest BCUT2D eigenvalue weighted by Crippen LogP contribution is 2.10. The van der Waals surface area contributed by atoms with Crippen LogP contribution < -0.4 is 5.32 Å². The number of esters is 1. The molecule has 0 bridgehead atoms. The Hall–Kier alpha value is -1.58. The molecule has 25 heavy (non-hydrogen) atoms. The summed E-state index contributed by atoms with van der Waals surface area (Å²) in [4.78, 5) is 22.6. The molecule has 0 aromatic heterocycles. The third-order valence-electron chi connectivity index (χ3n) is 4.10. The van der Waals surface area contributed by atoms with Crippen molar-refractivity contribution in [2.75, 3.05) is 13.7 Å². The maximum absolute atomic E-state index is 11.7. The van der Waals surface area contributed by atoms with Gasteiger partial charge < -0.3 is 10.1 Å². The first kappa shape index (κ1) is 23.4. The van der Waals surface area contributed by atoms with Crippen LogP contribution in [0, 0.1) is 5.92 Å². The van der Waals surface area contributed by atoms with Crippen LogP contribution in [-0.4, -0.2) is 25.5 Å². The lowest BCUT2D eigenvalue weighted by Crippen LogP contribution is -2.23. The number of unbranched alkanes of at least 4 members (excludes halogenated alkanes) is 4. The van der Waals surface area contributed by atoms with Gasteiger partial charge in [-0.15, -0.1) is 0 Å². The molecule has 0 radical (unpaired) electrons. The number of hydrogen-bond donors (Lipinski definition) is 1. The zero-order valence-electron chi connectivity index (χ0n) is 16.4. The number of methoxy groups -OCH3 is 1. The average molecular weight is 352 g/mol. The normalized spacial score (nSPS) is 12.6. The summed E-state index contributed by atoms with van der Waals surface area (Å²) in [6, 6.07) is 0. The van der Waals surface area contributed by atoms with Gasteiger partial charge in [-0.1, -0.05) is 63.8 Å². The predicted octanol–water partition coefficient (Wildman–Crippen LogP) is 4.95. The second-order valence-electron chi connectivity index (χ2n) is 6.56. The molecule has 144 valence electrons. The van der Waals surface area contributed by atoms with Crippen LogP contribution in [0.25, 0.3) is 0 Å². The number of rotatable bonds is 15. The van der Waals surface area contributed by atoms with Gasteiger partial charge in [0.05, 0.1) is 7.11 Å². The Bertz CT molecular complexity index is 402. The molecule has 4 heteroatoms. The largest absolute Gasteiger partial charge is 0.469 e. The average Bonchev–Trinajstić information content (AvgIpc) is 2.60. The van der Waals surface area contributed by atoms with Gasteiger partial charge >= 0.3 is 5.97 Å². The third kappa shape index (κ3) is 17.0. The molecule has 1 atom stereocenters. The third-order valence-corrected chi connectivity index (χ3v) is 4.10. The monoisotopic (exact) mass is 351 g/mol. The van der Waals surface area contributed by atoms with E-state index in [2.05, 4.69) is 48.2 Å². The van der Waals surface area contributed by atoms with E-state index in [0.29, 0.717) is 25.3 Å². The smallest absolute Gasteiger partial charge is 0.305 e. The fraction of sp³-hybridized carbons (Fsp3) is 0.714. The topological polar surface area (TPSA) is 55.4 Å². The molecule has 0 saturated heterocycles. The molecular formula is C21H37NO3. The van der Waals surface area contributed by atoms with Gasteiger partial charge in [-0.3, -0.25) is 9.59 Å². The summed E-state index contributed by atoms with van der Waals surface area (Å²) in [6.07, 6.45) is 18.0. The summed E-state index contributed by atoms with van der Waals surface area (Å²) in [5, 5.41) is 2.92. The first-order valence-electron chi connectivity index (χ1n) is 9.77. The number of carbonyl (C=O) groups excluding carboxylic acids is 2. The van der Waals surface area contributed by atoms with Crippen LogP contribution in [0.1, 0.15) is 78.1 Å². The zero-order chi connectivity index (χ0) is 18.8. The quantitative estimate of drug-likeness (QED) is 0.258. The van der Waals surface area contributed by atoms with Gasteiger partial charge in [0.15, 0.2) is 0 Å². The Morgan fingerprint density at radius 3 is 2.52 bits per heavy atom. The lowest BCUT2D eigenvalue weighted by atomic mass is 10.0. The van der Waals surface area contributed by atoms with E-state index in [1.54, 1.807) is 0 Å². The van der Waals surface area contributed by atoms with Gasteiger partial charge in [0.2, 0.25) is 5.91 Å². The molecule has 0 aliphatic rings. The van der Waals surface area contributed by atoms with Crippen LogP contribution in [0.4, 0.5) is 0 Å². The van der Waals surface area contributed by atoms with Crippen molar-refractivity contribution < 1.29 is 14.3 Å². The molecule has 0 aromatic rings. The minimum atomic E-state index is -0.180. The molecule has 1 amide bonds. The Balaban J connectivity index is 3.53. The van der Waals surface area contributed by atoms with Gasteiger partial charge in [0.1, 0.15) is 0 Å². The molecule has 0 aliphatic heterocycles. The van der Waals surface area contributed by atoms with Crippen LogP contribution in [0.15, 0.2) is 24.3 Å². The second kappa shape index (κ2) is 17.2. The van der Waals surface area contributed by atoms with Crippen molar-refractivity contribution >= 4 is 11.9 Å². The standard InChI is InChI=1S/C21H37NO3/c1-4-5-9-14-19(2)15-10-6-7-13-18-22-20(23)16-11-8-12-17-21(24)25-3/h6-7,10,15,19H,4-5,8-9,11-14,16-18H2,1-3H3,(H,22,23)/b7-6-,15-10+/t19-/m0/s1. The summed E-state index contributed by atoms with van der Waals surface area (Å²) in [5.41, 5.74) is 0. The molecule has 0 aromatic carbocycles. The lowest BCUT2D eigenvalue weighted by molar-refractivity contribution is -0.140. The van der Waals surface area contributed by atoms with Gasteiger partial charge in [0.25, 0.3) is 0 Å².